The van der Waals surface area contributed by atoms with E-state index in [1.165, 1.54) is 6.07 Å². The Morgan fingerprint density at radius 1 is 1.14 bits per heavy atom. The predicted molar refractivity (Wildman–Crippen MR) is 109 cm³/mol. The Bertz CT molecular complexity index is 1230. The Hall–Kier alpha value is -3.32. The minimum Gasteiger partial charge on any atom is -0.424 e. The fourth-order valence-electron chi connectivity index (χ4n) is 3.01. The number of nitrogens with zero attached hydrogens (tertiary/aromatic N) is 2. The lowest BCUT2D eigenvalue weighted by molar-refractivity contribution is 0.442. The SMILES string of the molecule is Cc1c(Cc2cccc(N)c2F)c(=O)sc2cc(Oc3ncccn3)ccc12. The maximum absolute atomic E-state index is 14.3. The lowest BCUT2D eigenvalue weighted by atomic mass is 10.00. The van der Waals surface area contributed by atoms with Gasteiger partial charge >= 0.3 is 6.01 Å². The van der Waals surface area contributed by atoms with Crippen LogP contribution in [-0.4, -0.2) is 9.97 Å². The number of hydrogen-bond donors (Lipinski definition) is 1. The highest BCUT2D eigenvalue weighted by Crippen LogP contribution is 2.29. The van der Waals surface area contributed by atoms with E-state index < -0.39 is 5.82 Å². The van der Waals surface area contributed by atoms with Crippen LogP contribution in [0.3, 0.4) is 0 Å². The van der Waals surface area contributed by atoms with Crippen LogP contribution in [0.15, 0.2) is 59.7 Å². The molecule has 0 bridgehead atoms. The van der Waals surface area contributed by atoms with E-state index in [1.807, 2.05) is 13.0 Å². The molecule has 0 fully saturated rings. The van der Waals surface area contributed by atoms with Crippen LogP contribution >= 0.6 is 11.3 Å². The number of hydrogen-bond acceptors (Lipinski definition) is 6. The molecule has 0 saturated heterocycles. The van der Waals surface area contributed by atoms with E-state index in [0.717, 1.165) is 27.0 Å². The number of aryl methyl sites for hydroxylation is 1. The number of ether oxygens (including phenoxy) is 1. The molecule has 0 aliphatic heterocycles. The van der Waals surface area contributed by atoms with E-state index in [2.05, 4.69) is 9.97 Å². The molecule has 2 aromatic heterocycles. The van der Waals surface area contributed by atoms with E-state index in [9.17, 15) is 9.18 Å². The topological polar surface area (TPSA) is 78.1 Å². The Kier molecular flexibility index (Phi) is 4.75. The van der Waals surface area contributed by atoms with Crippen LogP contribution in [0.25, 0.3) is 10.1 Å². The summed E-state index contributed by atoms with van der Waals surface area (Å²) in [5, 5.41) is 0.922. The van der Waals surface area contributed by atoms with Crippen molar-refractivity contribution >= 4 is 27.1 Å². The van der Waals surface area contributed by atoms with Gasteiger partial charge in [0.05, 0.1) is 5.69 Å². The second-order valence-electron chi connectivity index (χ2n) is 6.28. The van der Waals surface area contributed by atoms with Crippen molar-refractivity contribution < 1.29 is 9.13 Å². The normalized spacial score (nSPS) is 10.9. The first kappa shape index (κ1) is 18.1. The summed E-state index contributed by atoms with van der Waals surface area (Å²) in [7, 11) is 0. The van der Waals surface area contributed by atoms with Crippen LogP contribution in [0.1, 0.15) is 16.7 Å². The first-order valence-corrected chi connectivity index (χ1v) is 9.38. The third kappa shape index (κ3) is 3.44. The lowest BCUT2D eigenvalue weighted by Crippen LogP contribution is -2.09. The summed E-state index contributed by atoms with van der Waals surface area (Å²) in [5.74, 6) is 0.0707. The molecule has 0 amide bonds. The Morgan fingerprint density at radius 3 is 2.71 bits per heavy atom. The molecule has 0 aliphatic carbocycles. The molecule has 2 aromatic carbocycles. The van der Waals surface area contributed by atoms with E-state index in [4.69, 9.17) is 10.5 Å². The largest absolute Gasteiger partial charge is 0.424 e. The van der Waals surface area contributed by atoms with E-state index in [1.54, 1.807) is 42.7 Å². The highest BCUT2D eigenvalue weighted by molar-refractivity contribution is 7.16. The standard InChI is InChI=1S/C21H16FN3O2S/c1-12-15-7-6-14(27-21-24-8-3-9-25-21)11-18(15)28-20(26)16(12)10-13-4-2-5-17(23)19(13)22/h2-9,11H,10,23H2,1H3. The Balaban J connectivity index is 1.73. The van der Waals surface area contributed by atoms with Gasteiger partial charge in [0.1, 0.15) is 11.6 Å². The second kappa shape index (κ2) is 7.36. The van der Waals surface area contributed by atoms with Crippen molar-refractivity contribution in [2.75, 3.05) is 5.73 Å². The molecule has 2 N–H and O–H groups in total. The first-order valence-electron chi connectivity index (χ1n) is 8.57. The molecule has 0 aliphatic rings. The maximum atomic E-state index is 14.3. The molecule has 0 saturated carbocycles. The van der Waals surface area contributed by atoms with Crippen LogP contribution in [0.2, 0.25) is 0 Å². The summed E-state index contributed by atoms with van der Waals surface area (Å²) >= 11 is 1.11. The van der Waals surface area contributed by atoms with Crippen molar-refractivity contribution in [1.29, 1.82) is 0 Å². The number of aromatic nitrogens is 2. The average Bonchev–Trinajstić information content (AvgIpc) is 2.69. The summed E-state index contributed by atoms with van der Waals surface area (Å²) in [5.41, 5.74) is 7.53. The van der Waals surface area contributed by atoms with Gasteiger partial charge in [0.2, 0.25) is 4.74 Å². The number of fused-ring (bicyclic) bond motifs is 1. The van der Waals surface area contributed by atoms with E-state index >= 15 is 0 Å². The Labute approximate surface area is 164 Å². The van der Waals surface area contributed by atoms with Gasteiger partial charge in [-0.15, -0.1) is 0 Å². The average molecular weight is 393 g/mol. The van der Waals surface area contributed by atoms with Crippen molar-refractivity contribution in [2.24, 2.45) is 0 Å². The molecular weight excluding hydrogens is 377 g/mol. The molecule has 0 spiro atoms. The summed E-state index contributed by atoms with van der Waals surface area (Å²) < 4.78 is 20.6. The lowest BCUT2D eigenvalue weighted by Gasteiger charge is -2.11. The molecule has 2 heterocycles. The summed E-state index contributed by atoms with van der Waals surface area (Å²) in [6, 6.07) is 12.3. The van der Waals surface area contributed by atoms with Crippen molar-refractivity contribution in [3.8, 4) is 11.8 Å². The molecule has 5 nitrogen and oxygen atoms in total. The van der Waals surface area contributed by atoms with Crippen LogP contribution in [0.5, 0.6) is 11.8 Å². The van der Waals surface area contributed by atoms with Gasteiger partial charge < -0.3 is 10.5 Å². The van der Waals surface area contributed by atoms with Gasteiger partial charge in [0, 0.05) is 29.1 Å². The number of benzene rings is 2. The molecule has 28 heavy (non-hydrogen) atoms. The van der Waals surface area contributed by atoms with Gasteiger partial charge in [-0.2, -0.15) is 0 Å². The Morgan fingerprint density at radius 2 is 1.93 bits per heavy atom. The van der Waals surface area contributed by atoms with Crippen molar-refractivity contribution in [2.45, 2.75) is 13.3 Å². The fraction of sp³-hybridized carbons (Fsp3) is 0.0952. The van der Waals surface area contributed by atoms with Crippen LogP contribution in [0, 0.1) is 12.7 Å². The first-order chi connectivity index (χ1) is 13.5. The third-order valence-corrected chi connectivity index (χ3v) is 5.48. The van der Waals surface area contributed by atoms with Gasteiger partial charge in [-0.1, -0.05) is 23.5 Å². The molecule has 4 aromatic rings. The quantitative estimate of drug-likeness (QED) is 0.518. The van der Waals surface area contributed by atoms with Gasteiger partial charge in [-0.25, -0.2) is 14.4 Å². The van der Waals surface area contributed by atoms with Crippen LogP contribution in [-0.2, 0) is 6.42 Å². The van der Waals surface area contributed by atoms with E-state index in [0.29, 0.717) is 16.9 Å². The highest BCUT2D eigenvalue weighted by Gasteiger charge is 2.14. The minimum atomic E-state index is -0.474. The molecule has 0 radical (unpaired) electrons. The summed E-state index contributed by atoms with van der Waals surface area (Å²) in [6.45, 7) is 1.87. The van der Waals surface area contributed by atoms with Gasteiger partial charge in [0.15, 0.2) is 0 Å². The second-order valence-corrected chi connectivity index (χ2v) is 7.30. The molecule has 4 rings (SSSR count). The zero-order chi connectivity index (χ0) is 19.7. The number of nitrogen functional groups attached to an aromatic ring is 1. The van der Waals surface area contributed by atoms with Gasteiger partial charge in [-0.3, -0.25) is 4.79 Å². The van der Waals surface area contributed by atoms with Crippen molar-refractivity contribution in [3.05, 3.63) is 86.9 Å². The van der Waals surface area contributed by atoms with Crippen molar-refractivity contribution in [3.63, 3.8) is 0 Å². The summed E-state index contributed by atoms with van der Waals surface area (Å²) in [4.78, 5) is 20.8. The molecular formula is C21H16FN3O2S. The number of anilines is 1. The predicted octanol–water partition coefficient (Wildman–Crippen LogP) is 4.46. The third-order valence-electron chi connectivity index (χ3n) is 4.49. The van der Waals surface area contributed by atoms with Crippen molar-refractivity contribution in [1.82, 2.24) is 9.97 Å². The maximum Gasteiger partial charge on any atom is 0.321 e. The molecule has 140 valence electrons. The fourth-order valence-corrected chi connectivity index (χ4v) is 4.07. The smallest absolute Gasteiger partial charge is 0.321 e. The molecule has 0 atom stereocenters. The molecule has 0 unspecified atom stereocenters. The molecule has 7 heteroatoms. The zero-order valence-corrected chi connectivity index (χ0v) is 15.8. The number of rotatable bonds is 4. The van der Waals surface area contributed by atoms with Gasteiger partial charge in [0.25, 0.3) is 0 Å². The monoisotopic (exact) mass is 393 g/mol. The minimum absolute atomic E-state index is 0.0805. The van der Waals surface area contributed by atoms with Crippen LogP contribution in [0.4, 0.5) is 10.1 Å². The van der Waals surface area contributed by atoms with E-state index in [-0.39, 0.29) is 22.9 Å². The van der Waals surface area contributed by atoms with Crippen LogP contribution < -0.4 is 15.2 Å². The highest BCUT2D eigenvalue weighted by atomic mass is 32.1. The number of nitrogens with two attached hydrogens (primary N) is 1. The van der Waals surface area contributed by atoms with Gasteiger partial charge in [-0.05, 0) is 53.8 Å². The number of halogens is 1. The summed E-state index contributed by atoms with van der Waals surface area (Å²) in [6.07, 6.45) is 3.38. The zero-order valence-electron chi connectivity index (χ0n) is 15.0.